The zero-order valence-electron chi connectivity index (χ0n) is 11.0. The van der Waals surface area contributed by atoms with Crippen molar-refractivity contribution < 1.29 is 9.90 Å². The van der Waals surface area contributed by atoms with Crippen molar-refractivity contribution in [3.63, 3.8) is 0 Å². The van der Waals surface area contributed by atoms with E-state index in [0.29, 0.717) is 17.2 Å². The molecule has 102 valence electrons. The van der Waals surface area contributed by atoms with Gasteiger partial charge in [0.25, 0.3) is 5.91 Å². The second-order valence-electron chi connectivity index (χ2n) is 4.55. The monoisotopic (exact) mass is 279 g/mol. The Morgan fingerprint density at radius 1 is 1.53 bits per heavy atom. The molecule has 1 aromatic heterocycles. The maximum absolute atomic E-state index is 12.4. The van der Waals surface area contributed by atoms with Gasteiger partial charge in [-0.15, -0.1) is 0 Å². The lowest BCUT2D eigenvalue weighted by Gasteiger charge is -2.26. The number of thiazole rings is 1. The van der Waals surface area contributed by atoms with E-state index in [1.807, 2.05) is 13.8 Å². The number of anilines is 1. The summed E-state index contributed by atoms with van der Waals surface area (Å²) in [4.78, 5) is 18.2. The summed E-state index contributed by atoms with van der Waals surface area (Å²) < 4.78 is 0.899. The van der Waals surface area contributed by atoms with Gasteiger partial charge in [-0.25, -0.2) is 4.98 Å². The molecule has 0 aliphatic heterocycles. The van der Waals surface area contributed by atoms with Crippen LogP contribution in [-0.4, -0.2) is 40.1 Å². The highest BCUT2D eigenvalue weighted by Crippen LogP contribution is 2.25. The molecule has 0 aliphatic rings. The van der Waals surface area contributed by atoms with Crippen molar-refractivity contribution in [3.8, 4) is 0 Å². The molecule has 2 aromatic rings. The van der Waals surface area contributed by atoms with Gasteiger partial charge in [-0.3, -0.25) is 4.79 Å². The van der Waals surface area contributed by atoms with E-state index in [-0.39, 0.29) is 18.6 Å². The van der Waals surface area contributed by atoms with E-state index in [0.717, 1.165) is 10.2 Å². The molecule has 1 amide bonds. The van der Waals surface area contributed by atoms with Crippen LogP contribution in [0.3, 0.4) is 0 Å². The number of aliphatic hydroxyl groups is 1. The third-order valence-electron chi connectivity index (χ3n) is 2.88. The van der Waals surface area contributed by atoms with E-state index < -0.39 is 0 Å². The molecule has 1 heterocycles. The minimum atomic E-state index is -0.0853. The van der Waals surface area contributed by atoms with Crippen LogP contribution in [0.4, 0.5) is 5.13 Å². The molecule has 19 heavy (non-hydrogen) atoms. The van der Waals surface area contributed by atoms with E-state index in [1.54, 1.807) is 23.1 Å². The predicted octanol–water partition coefficient (Wildman–Crippen LogP) is 1.72. The van der Waals surface area contributed by atoms with Gasteiger partial charge in [-0.2, -0.15) is 0 Å². The van der Waals surface area contributed by atoms with Crippen molar-refractivity contribution in [3.05, 3.63) is 23.8 Å². The van der Waals surface area contributed by atoms with Gasteiger partial charge in [0, 0.05) is 18.2 Å². The molecule has 2 rings (SSSR count). The number of carbonyl (C=O) groups excluding carboxylic acids is 1. The topological polar surface area (TPSA) is 79.5 Å². The molecule has 0 unspecified atom stereocenters. The van der Waals surface area contributed by atoms with E-state index >= 15 is 0 Å². The largest absolute Gasteiger partial charge is 0.395 e. The first-order chi connectivity index (χ1) is 9.02. The van der Waals surface area contributed by atoms with Gasteiger partial charge in [-0.1, -0.05) is 11.3 Å². The molecule has 3 N–H and O–H groups in total. The number of aromatic nitrogens is 1. The van der Waals surface area contributed by atoms with Crippen molar-refractivity contribution in [2.45, 2.75) is 19.9 Å². The number of fused-ring (bicyclic) bond motifs is 1. The summed E-state index contributed by atoms with van der Waals surface area (Å²) in [6.45, 7) is 4.15. The van der Waals surface area contributed by atoms with Crippen molar-refractivity contribution >= 4 is 32.6 Å². The average Bonchev–Trinajstić information content (AvgIpc) is 2.73. The van der Waals surface area contributed by atoms with Gasteiger partial charge < -0.3 is 15.7 Å². The minimum Gasteiger partial charge on any atom is -0.395 e. The van der Waals surface area contributed by atoms with Crippen molar-refractivity contribution in [2.24, 2.45) is 0 Å². The molecular formula is C13H17N3O2S. The maximum atomic E-state index is 12.4. The SMILES string of the molecule is CC(C)N(CCO)C(=O)c1ccc2nc(N)sc2c1. The lowest BCUT2D eigenvalue weighted by Crippen LogP contribution is -2.38. The highest BCUT2D eigenvalue weighted by Gasteiger charge is 2.18. The summed E-state index contributed by atoms with van der Waals surface area (Å²) in [7, 11) is 0. The molecule has 0 atom stereocenters. The van der Waals surface area contributed by atoms with Crippen LogP contribution in [0.25, 0.3) is 10.2 Å². The Morgan fingerprint density at radius 2 is 2.26 bits per heavy atom. The molecule has 0 spiro atoms. The van der Waals surface area contributed by atoms with Crippen LogP contribution in [0.5, 0.6) is 0 Å². The smallest absolute Gasteiger partial charge is 0.254 e. The third kappa shape index (κ3) is 2.85. The number of amides is 1. The Bertz CT molecular complexity index is 595. The highest BCUT2D eigenvalue weighted by atomic mass is 32.1. The van der Waals surface area contributed by atoms with Crippen molar-refractivity contribution in [1.29, 1.82) is 0 Å². The van der Waals surface area contributed by atoms with Crippen LogP contribution in [0.15, 0.2) is 18.2 Å². The first-order valence-corrected chi connectivity index (χ1v) is 6.92. The van der Waals surface area contributed by atoms with Crippen LogP contribution in [0.2, 0.25) is 0 Å². The third-order valence-corrected chi connectivity index (χ3v) is 3.72. The zero-order valence-corrected chi connectivity index (χ0v) is 11.8. The van der Waals surface area contributed by atoms with Gasteiger partial charge in [-0.05, 0) is 32.0 Å². The Kier molecular flexibility index (Phi) is 4.01. The number of hydrogen-bond acceptors (Lipinski definition) is 5. The first-order valence-electron chi connectivity index (χ1n) is 6.11. The molecule has 0 bridgehead atoms. The molecule has 1 aromatic carbocycles. The van der Waals surface area contributed by atoms with Gasteiger partial charge >= 0.3 is 0 Å². The Labute approximate surface area is 115 Å². The minimum absolute atomic E-state index is 0.0420. The fraction of sp³-hybridized carbons (Fsp3) is 0.385. The van der Waals surface area contributed by atoms with Crippen molar-refractivity contribution in [2.75, 3.05) is 18.9 Å². The highest BCUT2D eigenvalue weighted by molar-refractivity contribution is 7.22. The van der Waals surface area contributed by atoms with Crippen molar-refractivity contribution in [1.82, 2.24) is 9.88 Å². The summed E-state index contributed by atoms with van der Waals surface area (Å²) in [6, 6.07) is 5.39. The Hall–Kier alpha value is -1.66. The van der Waals surface area contributed by atoms with E-state index in [4.69, 9.17) is 10.8 Å². The van der Waals surface area contributed by atoms with Gasteiger partial charge in [0.05, 0.1) is 16.8 Å². The number of hydrogen-bond donors (Lipinski definition) is 2. The molecular weight excluding hydrogens is 262 g/mol. The average molecular weight is 279 g/mol. The van der Waals surface area contributed by atoms with E-state index in [1.165, 1.54) is 11.3 Å². The summed E-state index contributed by atoms with van der Waals surface area (Å²) in [5, 5.41) is 9.53. The standard InChI is InChI=1S/C13H17N3O2S/c1-8(2)16(5-6-17)12(18)9-3-4-10-11(7-9)19-13(14)15-10/h3-4,7-8,17H,5-6H2,1-2H3,(H2,14,15). The van der Waals surface area contributed by atoms with Crippen LogP contribution in [-0.2, 0) is 0 Å². The number of nitrogen functional groups attached to an aromatic ring is 1. The first kappa shape index (κ1) is 13.8. The fourth-order valence-electron chi connectivity index (χ4n) is 1.94. The summed E-state index contributed by atoms with van der Waals surface area (Å²) in [6.07, 6.45) is 0. The second-order valence-corrected chi connectivity index (χ2v) is 5.61. The number of carbonyl (C=O) groups is 1. The lowest BCUT2D eigenvalue weighted by atomic mass is 10.1. The number of aliphatic hydroxyl groups excluding tert-OH is 1. The summed E-state index contributed by atoms with van der Waals surface area (Å²) in [5.74, 6) is -0.0853. The molecule has 5 nitrogen and oxygen atoms in total. The summed E-state index contributed by atoms with van der Waals surface area (Å²) >= 11 is 1.36. The zero-order chi connectivity index (χ0) is 14.0. The molecule has 0 saturated heterocycles. The van der Waals surface area contributed by atoms with E-state index in [9.17, 15) is 4.79 Å². The van der Waals surface area contributed by atoms with Gasteiger partial charge in [0.1, 0.15) is 0 Å². The molecule has 0 fully saturated rings. The lowest BCUT2D eigenvalue weighted by molar-refractivity contribution is 0.0665. The van der Waals surface area contributed by atoms with E-state index in [2.05, 4.69) is 4.98 Å². The predicted molar refractivity (Wildman–Crippen MR) is 77.3 cm³/mol. The van der Waals surface area contributed by atoms with Crippen LogP contribution in [0.1, 0.15) is 24.2 Å². The quantitative estimate of drug-likeness (QED) is 0.893. The molecule has 0 saturated carbocycles. The van der Waals surface area contributed by atoms with Gasteiger partial charge in [0.2, 0.25) is 0 Å². The maximum Gasteiger partial charge on any atom is 0.254 e. The van der Waals surface area contributed by atoms with Crippen LogP contribution in [0, 0.1) is 0 Å². The molecule has 0 aliphatic carbocycles. The summed E-state index contributed by atoms with van der Waals surface area (Å²) in [5.41, 5.74) is 7.05. The van der Waals surface area contributed by atoms with Gasteiger partial charge in [0.15, 0.2) is 5.13 Å². The normalized spacial score (nSPS) is 11.2. The number of nitrogens with zero attached hydrogens (tertiary/aromatic N) is 2. The number of nitrogens with two attached hydrogens (primary N) is 1. The number of benzene rings is 1. The molecule has 0 radical (unpaired) electrons. The fourth-order valence-corrected chi connectivity index (χ4v) is 2.72. The Balaban J connectivity index is 2.34. The van der Waals surface area contributed by atoms with Crippen LogP contribution < -0.4 is 5.73 Å². The Morgan fingerprint density at radius 3 is 2.89 bits per heavy atom. The second kappa shape index (κ2) is 5.54. The molecule has 6 heteroatoms. The van der Waals surface area contributed by atoms with Crippen LogP contribution >= 0.6 is 11.3 Å². The number of rotatable bonds is 4.